The fraction of sp³-hybridized carbons (Fsp3) is 0.667. The number of nitrogens with one attached hydrogen (secondary N) is 1. The lowest BCUT2D eigenvalue weighted by molar-refractivity contribution is -0.130. The van der Waals surface area contributed by atoms with Crippen molar-refractivity contribution in [3.63, 3.8) is 0 Å². The number of alkyl halides is 1. The number of halogens is 1. The van der Waals surface area contributed by atoms with Gasteiger partial charge in [-0.05, 0) is 6.92 Å². The Morgan fingerprint density at radius 3 is 2.27 bits per heavy atom. The molecule has 2 aliphatic heterocycles. The van der Waals surface area contributed by atoms with Crippen molar-refractivity contribution in [2.45, 2.75) is 11.8 Å². The fourth-order valence-corrected chi connectivity index (χ4v) is 2.36. The van der Waals surface area contributed by atoms with Crippen LogP contribution in [0, 0.1) is 11.8 Å². The summed E-state index contributed by atoms with van der Waals surface area (Å²) in [6, 6.07) is 0. The lowest BCUT2D eigenvalue weighted by Crippen LogP contribution is -2.37. The van der Waals surface area contributed by atoms with Crippen LogP contribution in [-0.4, -0.2) is 40.5 Å². The van der Waals surface area contributed by atoms with Crippen molar-refractivity contribution in [3.05, 3.63) is 0 Å². The molecule has 0 aliphatic carbocycles. The Balaban J connectivity index is 2.10. The molecule has 0 aromatic heterocycles. The molecular formula is C9H11BrN2O3. The smallest absolute Gasteiger partial charge is 0.236 e. The molecule has 2 rings (SSSR count). The Morgan fingerprint density at radius 2 is 1.87 bits per heavy atom. The summed E-state index contributed by atoms with van der Waals surface area (Å²) in [6.07, 6.45) is 0. The van der Waals surface area contributed by atoms with Crippen LogP contribution in [0.4, 0.5) is 0 Å². The Kier molecular flexibility index (Phi) is 2.54. The summed E-state index contributed by atoms with van der Waals surface area (Å²) in [5.74, 6) is -1.24. The molecule has 2 fully saturated rings. The topological polar surface area (TPSA) is 66.5 Å². The van der Waals surface area contributed by atoms with Gasteiger partial charge >= 0.3 is 0 Å². The van der Waals surface area contributed by atoms with E-state index in [4.69, 9.17) is 0 Å². The molecule has 3 amide bonds. The number of carbonyl (C=O) groups is 3. The van der Waals surface area contributed by atoms with Crippen LogP contribution in [0.3, 0.4) is 0 Å². The van der Waals surface area contributed by atoms with Crippen LogP contribution < -0.4 is 5.32 Å². The number of likely N-dealkylation sites (tertiary alicyclic amines) is 1. The molecule has 3 atom stereocenters. The van der Waals surface area contributed by atoms with Gasteiger partial charge in [0.25, 0.3) is 0 Å². The van der Waals surface area contributed by atoms with Gasteiger partial charge in [-0.2, -0.15) is 0 Å². The van der Waals surface area contributed by atoms with Gasteiger partial charge in [0.1, 0.15) is 0 Å². The molecule has 0 aromatic rings. The van der Waals surface area contributed by atoms with Crippen molar-refractivity contribution in [1.29, 1.82) is 0 Å². The molecule has 0 saturated carbocycles. The van der Waals surface area contributed by atoms with Crippen LogP contribution in [0.1, 0.15) is 6.92 Å². The normalized spacial score (nSPS) is 31.5. The third kappa shape index (κ3) is 1.67. The molecule has 1 N–H and O–H groups in total. The summed E-state index contributed by atoms with van der Waals surface area (Å²) in [4.78, 5) is 35.6. The van der Waals surface area contributed by atoms with Crippen molar-refractivity contribution in [2.75, 3.05) is 13.1 Å². The fourth-order valence-electron chi connectivity index (χ4n) is 2.07. The van der Waals surface area contributed by atoms with Crippen LogP contribution >= 0.6 is 15.9 Å². The summed E-state index contributed by atoms with van der Waals surface area (Å²) in [6.45, 7) is 2.45. The molecule has 2 aliphatic rings. The first-order valence-corrected chi connectivity index (χ1v) is 5.70. The van der Waals surface area contributed by atoms with Crippen LogP contribution in [0.25, 0.3) is 0 Å². The van der Waals surface area contributed by atoms with Gasteiger partial charge in [0.15, 0.2) is 0 Å². The van der Waals surface area contributed by atoms with E-state index in [2.05, 4.69) is 21.2 Å². The highest BCUT2D eigenvalue weighted by atomic mass is 79.9. The van der Waals surface area contributed by atoms with Gasteiger partial charge < -0.3 is 4.90 Å². The second kappa shape index (κ2) is 3.59. The molecule has 0 radical (unpaired) electrons. The number of hydrogen-bond donors (Lipinski definition) is 1. The Labute approximate surface area is 95.3 Å². The lowest BCUT2D eigenvalue weighted by Gasteiger charge is -2.18. The largest absolute Gasteiger partial charge is 0.340 e. The summed E-state index contributed by atoms with van der Waals surface area (Å²) < 4.78 is 0. The number of nitrogens with zero attached hydrogens (tertiary/aromatic N) is 1. The second-order valence-electron chi connectivity index (χ2n) is 3.93. The van der Waals surface area contributed by atoms with Crippen molar-refractivity contribution in [1.82, 2.24) is 10.2 Å². The monoisotopic (exact) mass is 274 g/mol. The third-order valence-electron chi connectivity index (χ3n) is 2.89. The Morgan fingerprint density at radius 1 is 1.40 bits per heavy atom. The highest BCUT2D eigenvalue weighted by Crippen LogP contribution is 2.29. The maximum Gasteiger partial charge on any atom is 0.236 e. The average Bonchev–Trinajstić information content (AvgIpc) is 2.68. The molecule has 15 heavy (non-hydrogen) atoms. The first kappa shape index (κ1) is 10.6. The quantitative estimate of drug-likeness (QED) is 0.518. The minimum absolute atomic E-state index is 0.0648. The van der Waals surface area contributed by atoms with Gasteiger partial charge in [0.05, 0.1) is 16.7 Å². The van der Waals surface area contributed by atoms with Crippen LogP contribution in [0.2, 0.25) is 0 Å². The second-order valence-corrected chi connectivity index (χ2v) is 5.30. The highest BCUT2D eigenvalue weighted by Gasteiger charge is 2.49. The molecule has 2 saturated heterocycles. The summed E-state index contributed by atoms with van der Waals surface area (Å²) in [5.41, 5.74) is 0. The summed E-state index contributed by atoms with van der Waals surface area (Å²) in [5, 5.41) is 2.28. The number of imide groups is 1. The van der Waals surface area contributed by atoms with Gasteiger partial charge in [-0.15, -0.1) is 0 Å². The zero-order valence-corrected chi connectivity index (χ0v) is 9.78. The van der Waals surface area contributed by atoms with Gasteiger partial charge in [0, 0.05) is 13.1 Å². The zero-order chi connectivity index (χ0) is 11.2. The van der Waals surface area contributed by atoms with E-state index in [0.29, 0.717) is 13.1 Å². The third-order valence-corrected chi connectivity index (χ3v) is 3.28. The molecule has 6 heteroatoms. The lowest BCUT2D eigenvalue weighted by atomic mass is 10.00. The van der Waals surface area contributed by atoms with Gasteiger partial charge in [-0.1, -0.05) is 15.9 Å². The molecule has 2 heterocycles. The molecule has 0 bridgehead atoms. The van der Waals surface area contributed by atoms with E-state index >= 15 is 0 Å². The van der Waals surface area contributed by atoms with Gasteiger partial charge in [0.2, 0.25) is 17.7 Å². The maximum atomic E-state index is 11.6. The van der Waals surface area contributed by atoms with Crippen LogP contribution in [0.15, 0.2) is 0 Å². The first-order chi connectivity index (χ1) is 7.00. The van der Waals surface area contributed by atoms with Gasteiger partial charge in [-0.3, -0.25) is 19.7 Å². The maximum absolute atomic E-state index is 11.6. The highest BCUT2D eigenvalue weighted by molar-refractivity contribution is 9.10. The molecular weight excluding hydrogens is 264 g/mol. The van der Waals surface area contributed by atoms with Gasteiger partial charge in [-0.25, -0.2) is 0 Å². The molecule has 0 spiro atoms. The van der Waals surface area contributed by atoms with Crippen LogP contribution in [-0.2, 0) is 14.4 Å². The van der Waals surface area contributed by atoms with Crippen molar-refractivity contribution in [3.8, 4) is 0 Å². The minimum atomic E-state index is -0.340. The molecule has 82 valence electrons. The summed E-state index contributed by atoms with van der Waals surface area (Å²) >= 11 is 3.18. The standard InChI is InChI=1S/C9H11BrN2O3/c1-4(10)9(15)12-2-5-6(3-12)8(14)11-7(5)13/h4-6H,2-3H2,1H3,(H,11,13,14). The number of fused-ring (bicyclic) bond motifs is 1. The van der Waals surface area contributed by atoms with Crippen molar-refractivity contribution >= 4 is 33.7 Å². The molecule has 3 unspecified atom stereocenters. The Hall–Kier alpha value is -0.910. The van der Waals surface area contributed by atoms with Crippen molar-refractivity contribution in [2.24, 2.45) is 11.8 Å². The van der Waals surface area contributed by atoms with E-state index in [1.807, 2.05) is 0 Å². The van der Waals surface area contributed by atoms with E-state index in [-0.39, 0.29) is 34.4 Å². The van der Waals surface area contributed by atoms with Crippen molar-refractivity contribution < 1.29 is 14.4 Å². The minimum Gasteiger partial charge on any atom is -0.340 e. The Bertz CT molecular complexity index is 320. The van der Waals surface area contributed by atoms with E-state index < -0.39 is 0 Å². The zero-order valence-electron chi connectivity index (χ0n) is 8.20. The number of amides is 3. The molecule has 5 nitrogen and oxygen atoms in total. The number of hydrogen-bond acceptors (Lipinski definition) is 3. The first-order valence-electron chi connectivity index (χ1n) is 4.78. The van der Waals surface area contributed by atoms with E-state index in [1.165, 1.54) is 0 Å². The predicted octanol–water partition coefficient (Wildman–Crippen LogP) is -0.499. The van der Waals surface area contributed by atoms with E-state index in [0.717, 1.165) is 0 Å². The molecule has 0 aromatic carbocycles. The van der Waals surface area contributed by atoms with E-state index in [1.54, 1.807) is 11.8 Å². The van der Waals surface area contributed by atoms with Crippen LogP contribution in [0.5, 0.6) is 0 Å². The summed E-state index contributed by atoms with van der Waals surface area (Å²) in [7, 11) is 0. The SMILES string of the molecule is CC(Br)C(=O)N1CC2C(=O)NC(=O)C2C1. The predicted molar refractivity (Wildman–Crippen MR) is 55.1 cm³/mol. The van der Waals surface area contributed by atoms with E-state index in [9.17, 15) is 14.4 Å². The number of rotatable bonds is 1. The number of carbonyl (C=O) groups excluding carboxylic acids is 3. The average molecular weight is 275 g/mol.